The summed E-state index contributed by atoms with van der Waals surface area (Å²) >= 11 is 5.73. The molecule has 0 aliphatic carbocycles. The lowest BCUT2D eigenvalue weighted by Crippen LogP contribution is -2.08. The second-order valence-electron chi connectivity index (χ2n) is 4.72. The molecule has 0 fully saturated rings. The summed E-state index contributed by atoms with van der Waals surface area (Å²) in [7, 11) is 0. The molecule has 0 aliphatic heterocycles. The van der Waals surface area contributed by atoms with Gasteiger partial charge < -0.3 is 13.6 Å². The molecule has 0 aromatic carbocycles. The quantitative estimate of drug-likeness (QED) is 0.781. The molecular weight excluding hydrogens is 282 g/mol. The number of furan rings is 1. The summed E-state index contributed by atoms with van der Waals surface area (Å²) in [6.07, 6.45) is 0.617. The van der Waals surface area contributed by atoms with Gasteiger partial charge in [-0.15, -0.1) is 0 Å². The van der Waals surface area contributed by atoms with E-state index in [0.29, 0.717) is 23.8 Å². The number of hydrogen-bond donors (Lipinski definition) is 0. The van der Waals surface area contributed by atoms with Crippen LogP contribution in [0.5, 0.6) is 0 Å². The first-order valence-electron chi connectivity index (χ1n) is 6.43. The van der Waals surface area contributed by atoms with Crippen LogP contribution in [0.3, 0.4) is 0 Å². The molecule has 6 heteroatoms. The van der Waals surface area contributed by atoms with Crippen molar-refractivity contribution in [2.75, 3.05) is 6.61 Å². The third-order valence-corrected chi connectivity index (χ3v) is 2.75. The van der Waals surface area contributed by atoms with Gasteiger partial charge in [-0.05, 0) is 43.0 Å². The van der Waals surface area contributed by atoms with E-state index in [2.05, 4.69) is 4.98 Å². The highest BCUT2D eigenvalue weighted by Gasteiger charge is 2.23. The maximum Gasteiger partial charge on any atom is 0.376 e. The second kappa shape index (κ2) is 6.13. The molecule has 5 nitrogen and oxygen atoms in total. The lowest BCUT2D eigenvalue weighted by molar-refractivity contribution is 0.0489. The van der Waals surface area contributed by atoms with E-state index in [4.69, 9.17) is 25.2 Å². The highest BCUT2D eigenvalue weighted by Crippen LogP contribution is 2.27. The maximum absolute atomic E-state index is 11.9. The van der Waals surface area contributed by atoms with E-state index in [1.165, 1.54) is 0 Å². The predicted molar refractivity (Wildman–Crippen MR) is 73.7 cm³/mol. The molecule has 0 spiro atoms. The molecule has 0 saturated carbocycles. The molecule has 20 heavy (non-hydrogen) atoms. The fourth-order valence-electron chi connectivity index (χ4n) is 1.77. The third-order valence-electron chi connectivity index (χ3n) is 2.54. The monoisotopic (exact) mass is 297 g/mol. The highest BCUT2D eigenvalue weighted by atomic mass is 35.5. The van der Waals surface area contributed by atoms with Crippen LogP contribution in [0.25, 0.3) is 11.7 Å². The largest absolute Gasteiger partial charge is 0.460 e. The lowest BCUT2D eigenvalue weighted by Gasteiger charge is -2.02. The molecule has 2 aromatic heterocycles. The number of esters is 1. The number of ether oxygens (including phenoxy) is 1. The maximum atomic E-state index is 11.9. The Bertz CT molecular complexity index is 600. The number of nitrogens with zero attached hydrogens (tertiary/aromatic N) is 1. The first kappa shape index (κ1) is 14.7. The number of oxazole rings is 1. The van der Waals surface area contributed by atoms with Crippen molar-refractivity contribution < 1.29 is 18.4 Å². The summed E-state index contributed by atoms with van der Waals surface area (Å²) in [6, 6.07) is 3.23. The Morgan fingerprint density at radius 3 is 2.70 bits per heavy atom. The fourth-order valence-corrected chi connectivity index (χ4v) is 1.91. The van der Waals surface area contributed by atoms with Gasteiger partial charge in [0.2, 0.25) is 5.76 Å². The van der Waals surface area contributed by atoms with Crippen LogP contribution < -0.4 is 0 Å². The Morgan fingerprint density at radius 1 is 1.40 bits per heavy atom. The van der Waals surface area contributed by atoms with Crippen LogP contribution in [0, 0.1) is 5.92 Å². The van der Waals surface area contributed by atoms with Crippen molar-refractivity contribution in [1.82, 2.24) is 4.98 Å². The van der Waals surface area contributed by atoms with Crippen LogP contribution in [0.1, 0.15) is 37.0 Å². The van der Waals surface area contributed by atoms with E-state index in [1.54, 1.807) is 19.1 Å². The van der Waals surface area contributed by atoms with E-state index in [0.717, 1.165) is 0 Å². The SMILES string of the molecule is CCOC(=O)c1oc(-c2ccc(Cl)o2)nc1CC(C)C. The molecular formula is C14H16ClNO4. The molecule has 2 heterocycles. The van der Waals surface area contributed by atoms with Crippen LogP contribution in [0.2, 0.25) is 5.22 Å². The molecule has 0 aliphatic rings. The Balaban J connectivity index is 2.38. The van der Waals surface area contributed by atoms with Crippen LogP contribution >= 0.6 is 11.6 Å². The summed E-state index contributed by atoms with van der Waals surface area (Å²) in [5.74, 6) is 0.565. The van der Waals surface area contributed by atoms with Gasteiger partial charge in [-0.3, -0.25) is 0 Å². The smallest absolute Gasteiger partial charge is 0.376 e. The average Bonchev–Trinajstić information content (AvgIpc) is 2.95. The molecule has 2 rings (SSSR count). The van der Waals surface area contributed by atoms with Gasteiger partial charge in [-0.2, -0.15) is 0 Å². The number of rotatable bonds is 5. The van der Waals surface area contributed by atoms with Crippen LogP contribution in [0.4, 0.5) is 0 Å². The zero-order valence-corrected chi connectivity index (χ0v) is 12.4. The number of carbonyl (C=O) groups excluding carboxylic acids is 1. The average molecular weight is 298 g/mol. The topological polar surface area (TPSA) is 65.5 Å². The van der Waals surface area contributed by atoms with E-state index < -0.39 is 5.97 Å². The summed E-state index contributed by atoms with van der Waals surface area (Å²) in [5, 5.41) is 0.237. The summed E-state index contributed by atoms with van der Waals surface area (Å²) in [4.78, 5) is 16.2. The number of carbonyl (C=O) groups is 1. The normalized spacial score (nSPS) is 11.1. The summed E-state index contributed by atoms with van der Waals surface area (Å²) in [6.45, 7) is 6.09. The molecule has 0 unspecified atom stereocenters. The van der Waals surface area contributed by atoms with Crippen molar-refractivity contribution in [3.05, 3.63) is 28.8 Å². The third kappa shape index (κ3) is 3.22. The van der Waals surface area contributed by atoms with Gasteiger partial charge in [0.1, 0.15) is 0 Å². The van der Waals surface area contributed by atoms with Crippen molar-refractivity contribution in [3.63, 3.8) is 0 Å². The van der Waals surface area contributed by atoms with E-state index >= 15 is 0 Å². The van der Waals surface area contributed by atoms with Crippen molar-refractivity contribution in [3.8, 4) is 11.7 Å². The summed E-state index contributed by atoms with van der Waals surface area (Å²) < 4.78 is 15.7. The number of aromatic nitrogens is 1. The van der Waals surface area contributed by atoms with Crippen molar-refractivity contribution in [2.24, 2.45) is 5.92 Å². The zero-order valence-electron chi connectivity index (χ0n) is 11.6. The Kier molecular flexibility index (Phi) is 4.49. The van der Waals surface area contributed by atoms with Gasteiger partial charge in [0.15, 0.2) is 11.0 Å². The standard InChI is InChI=1S/C14H16ClNO4/c1-4-18-14(17)12-9(7-8(2)3)16-13(20-12)10-5-6-11(15)19-10/h5-6,8H,4,7H2,1-3H3. The van der Waals surface area contributed by atoms with E-state index in [-0.39, 0.29) is 23.5 Å². The zero-order chi connectivity index (χ0) is 14.7. The minimum atomic E-state index is -0.514. The lowest BCUT2D eigenvalue weighted by atomic mass is 10.1. The number of halogens is 1. The van der Waals surface area contributed by atoms with Crippen LogP contribution in [-0.4, -0.2) is 17.6 Å². The van der Waals surface area contributed by atoms with Gasteiger partial charge in [0.25, 0.3) is 5.89 Å². The van der Waals surface area contributed by atoms with Crippen molar-refractivity contribution in [1.29, 1.82) is 0 Å². The number of hydrogen-bond acceptors (Lipinski definition) is 5. The molecule has 0 amide bonds. The van der Waals surface area contributed by atoms with E-state index in [9.17, 15) is 4.79 Å². The van der Waals surface area contributed by atoms with Crippen molar-refractivity contribution >= 4 is 17.6 Å². The second-order valence-corrected chi connectivity index (χ2v) is 5.09. The predicted octanol–water partition coefficient (Wildman–Crippen LogP) is 3.96. The summed E-state index contributed by atoms with van der Waals surface area (Å²) in [5.41, 5.74) is 0.570. The van der Waals surface area contributed by atoms with Gasteiger partial charge in [0.05, 0.1) is 12.3 Å². The minimum Gasteiger partial charge on any atom is -0.460 e. The molecule has 0 saturated heterocycles. The molecule has 0 atom stereocenters. The first-order valence-corrected chi connectivity index (χ1v) is 6.81. The van der Waals surface area contributed by atoms with Gasteiger partial charge in [-0.25, -0.2) is 9.78 Å². The van der Waals surface area contributed by atoms with Gasteiger partial charge in [-0.1, -0.05) is 13.8 Å². The van der Waals surface area contributed by atoms with Crippen molar-refractivity contribution in [2.45, 2.75) is 27.2 Å². The molecule has 2 aromatic rings. The molecule has 0 bridgehead atoms. The first-order chi connectivity index (χ1) is 9.51. The Morgan fingerprint density at radius 2 is 2.15 bits per heavy atom. The highest BCUT2D eigenvalue weighted by molar-refractivity contribution is 6.28. The van der Waals surface area contributed by atoms with E-state index in [1.807, 2.05) is 13.8 Å². The van der Waals surface area contributed by atoms with Crippen LogP contribution in [0.15, 0.2) is 21.0 Å². The van der Waals surface area contributed by atoms with Crippen LogP contribution in [-0.2, 0) is 11.2 Å². The molecule has 108 valence electrons. The van der Waals surface area contributed by atoms with Gasteiger partial charge in [0, 0.05) is 0 Å². The fraction of sp³-hybridized carbons (Fsp3) is 0.429. The minimum absolute atomic E-state index is 0.128. The van der Waals surface area contributed by atoms with Gasteiger partial charge >= 0.3 is 5.97 Å². The molecule has 0 N–H and O–H groups in total. The molecule has 0 radical (unpaired) electrons. The Hall–Kier alpha value is -1.75. The Labute approximate surface area is 121 Å².